The molecule has 36 heavy (non-hydrogen) atoms. The molecule has 0 saturated carbocycles. The second kappa shape index (κ2) is 9.43. The number of methoxy groups -OCH3 is 1. The number of Topliss-reactive ketones (excluding diaryl/α,β-unsaturated/α-hetero) is 1. The number of aromatic nitrogens is 1. The Morgan fingerprint density at radius 1 is 1.08 bits per heavy atom. The summed E-state index contributed by atoms with van der Waals surface area (Å²) in [6.45, 7) is 2.28. The molecular weight excluding hydrogens is 483 g/mol. The van der Waals surface area contributed by atoms with Gasteiger partial charge in [-0.2, -0.15) is 0 Å². The molecule has 3 aromatic carbocycles. The minimum atomic E-state index is -0.974. The average molecular weight is 505 g/mol. The number of aliphatic hydroxyl groups is 1. The van der Waals surface area contributed by atoms with E-state index in [1.807, 2.05) is 6.92 Å². The molecule has 1 unspecified atom stereocenters. The van der Waals surface area contributed by atoms with Gasteiger partial charge in [-0.25, -0.2) is 9.37 Å². The van der Waals surface area contributed by atoms with Crippen LogP contribution in [-0.2, 0) is 9.59 Å². The summed E-state index contributed by atoms with van der Waals surface area (Å²) in [6.07, 6.45) is 0. The zero-order chi connectivity index (χ0) is 25.4. The molecule has 0 spiro atoms. The lowest BCUT2D eigenvalue weighted by atomic mass is 9.95. The van der Waals surface area contributed by atoms with Crippen LogP contribution in [0.2, 0.25) is 0 Å². The van der Waals surface area contributed by atoms with Gasteiger partial charge in [-0.1, -0.05) is 23.5 Å². The van der Waals surface area contributed by atoms with Crippen LogP contribution in [0.15, 0.2) is 72.3 Å². The van der Waals surface area contributed by atoms with E-state index >= 15 is 0 Å². The molecule has 1 fully saturated rings. The first-order chi connectivity index (χ1) is 17.4. The maximum atomic E-state index is 13.8. The highest BCUT2D eigenvalue weighted by Gasteiger charge is 2.48. The standard InChI is InChI=1S/C27H21FN2O5S/c1-3-35-19-6-4-5-16(13-19)23-22(24(31)15-7-10-18(34-2)11-8-15)25(32)26(33)30(23)27-29-20-12-9-17(28)14-21(20)36-27/h4-14,23,31H,3H2,1-2H3/b24-22+. The van der Waals surface area contributed by atoms with Gasteiger partial charge in [-0.3, -0.25) is 14.5 Å². The van der Waals surface area contributed by atoms with Crippen molar-refractivity contribution >= 4 is 44.1 Å². The summed E-state index contributed by atoms with van der Waals surface area (Å²) in [5, 5.41) is 11.5. The normalized spacial score (nSPS) is 17.1. The molecule has 182 valence electrons. The van der Waals surface area contributed by atoms with Crippen LogP contribution in [0.1, 0.15) is 24.1 Å². The zero-order valence-corrected chi connectivity index (χ0v) is 20.2. The van der Waals surface area contributed by atoms with Crippen molar-refractivity contribution in [3.63, 3.8) is 0 Å². The van der Waals surface area contributed by atoms with Crippen LogP contribution >= 0.6 is 11.3 Å². The number of hydrogen-bond acceptors (Lipinski definition) is 7. The van der Waals surface area contributed by atoms with E-state index in [1.54, 1.807) is 48.5 Å². The Hall–Kier alpha value is -4.24. The van der Waals surface area contributed by atoms with Gasteiger partial charge in [0.2, 0.25) is 0 Å². The number of carbonyl (C=O) groups excluding carboxylic acids is 2. The van der Waals surface area contributed by atoms with Crippen molar-refractivity contribution in [2.75, 3.05) is 18.6 Å². The van der Waals surface area contributed by atoms with Crippen LogP contribution in [0.5, 0.6) is 11.5 Å². The van der Waals surface area contributed by atoms with Crippen molar-refractivity contribution in [3.05, 3.63) is 89.2 Å². The summed E-state index contributed by atoms with van der Waals surface area (Å²) in [7, 11) is 1.52. The van der Waals surface area contributed by atoms with Crippen molar-refractivity contribution in [1.82, 2.24) is 4.98 Å². The Kier molecular flexibility index (Phi) is 6.15. The minimum absolute atomic E-state index is 0.0794. The van der Waals surface area contributed by atoms with E-state index in [0.717, 1.165) is 11.3 Å². The average Bonchev–Trinajstić information content (AvgIpc) is 3.41. The van der Waals surface area contributed by atoms with Gasteiger partial charge in [0.1, 0.15) is 23.1 Å². The second-order valence-electron chi connectivity index (χ2n) is 8.01. The van der Waals surface area contributed by atoms with Crippen molar-refractivity contribution in [3.8, 4) is 11.5 Å². The van der Waals surface area contributed by atoms with E-state index in [4.69, 9.17) is 9.47 Å². The molecule has 1 atom stereocenters. The number of hydrogen-bond donors (Lipinski definition) is 1. The maximum Gasteiger partial charge on any atom is 0.301 e. The van der Waals surface area contributed by atoms with Crippen molar-refractivity contribution in [2.24, 2.45) is 0 Å². The first-order valence-corrected chi connectivity index (χ1v) is 12.0. The summed E-state index contributed by atoms with van der Waals surface area (Å²) in [5.74, 6) is -1.30. The third-order valence-corrected chi connectivity index (χ3v) is 6.86. The number of rotatable bonds is 6. The van der Waals surface area contributed by atoms with E-state index in [1.165, 1.54) is 30.2 Å². The van der Waals surface area contributed by atoms with E-state index in [0.29, 0.717) is 39.4 Å². The minimum Gasteiger partial charge on any atom is -0.507 e. The summed E-state index contributed by atoms with van der Waals surface area (Å²) >= 11 is 1.09. The predicted octanol–water partition coefficient (Wildman–Crippen LogP) is 5.47. The number of nitrogens with zero attached hydrogens (tertiary/aromatic N) is 2. The number of carbonyl (C=O) groups is 2. The van der Waals surface area contributed by atoms with Crippen LogP contribution in [0.3, 0.4) is 0 Å². The molecular formula is C27H21FN2O5S. The zero-order valence-electron chi connectivity index (χ0n) is 19.4. The van der Waals surface area contributed by atoms with Crippen molar-refractivity contribution in [2.45, 2.75) is 13.0 Å². The third kappa shape index (κ3) is 4.07. The lowest BCUT2D eigenvalue weighted by Gasteiger charge is -2.23. The van der Waals surface area contributed by atoms with Crippen molar-refractivity contribution in [1.29, 1.82) is 0 Å². The summed E-state index contributed by atoms with van der Waals surface area (Å²) in [4.78, 5) is 32.5. The van der Waals surface area contributed by atoms with Gasteiger partial charge >= 0.3 is 5.91 Å². The molecule has 1 aromatic heterocycles. The highest BCUT2D eigenvalue weighted by molar-refractivity contribution is 7.22. The first kappa shape index (κ1) is 23.5. The van der Waals surface area contributed by atoms with Gasteiger partial charge in [-0.15, -0.1) is 0 Å². The Balaban J connectivity index is 1.71. The lowest BCUT2D eigenvalue weighted by molar-refractivity contribution is -0.132. The van der Waals surface area contributed by atoms with Crippen LogP contribution in [0.25, 0.3) is 16.0 Å². The SMILES string of the molecule is CCOc1cccc(C2/C(=C(\O)c3ccc(OC)cc3)C(=O)C(=O)N2c2nc3ccc(F)cc3s2)c1. The van der Waals surface area contributed by atoms with Crippen LogP contribution in [0.4, 0.5) is 9.52 Å². The molecule has 1 amide bonds. The van der Waals surface area contributed by atoms with Gasteiger partial charge in [0.25, 0.3) is 5.78 Å². The Morgan fingerprint density at radius 3 is 2.58 bits per heavy atom. The fourth-order valence-electron chi connectivity index (χ4n) is 4.18. The monoisotopic (exact) mass is 504 g/mol. The highest BCUT2D eigenvalue weighted by Crippen LogP contribution is 2.45. The summed E-state index contributed by atoms with van der Waals surface area (Å²) < 4.78 is 25.2. The third-order valence-electron chi connectivity index (χ3n) is 5.84. The second-order valence-corrected chi connectivity index (χ2v) is 9.02. The van der Waals surface area contributed by atoms with Gasteiger partial charge < -0.3 is 14.6 Å². The molecule has 4 aromatic rings. The first-order valence-electron chi connectivity index (χ1n) is 11.2. The molecule has 9 heteroatoms. The molecule has 0 bridgehead atoms. The predicted molar refractivity (Wildman–Crippen MR) is 135 cm³/mol. The number of ether oxygens (including phenoxy) is 2. The number of benzene rings is 3. The van der Waals surface area contributed by atoms with Gasteiger partial charge in [0.15, 0.2) is 5.13 Å². The van der Waals surface area contributed by atoms with E-state index in [9.17, 15) is 19.1 Å². The number of thiazole rings is 1. The summed E-state index contributed by atoms with van der Waals surface area (Å²) in [5.41, 5.74) is 1.33. The van der Waals surface area contributed by atoms with E-state index in [2.05, 4.69) is 4.98 Å². The molecule has 1 N–H and O–H groups in total. The fourth-order valence-corrected chi connectivity index (χ4v) is 5.20. The number of ketones is 1. The molecule has 0 radical (unpaired) electrons. The molecule has 1 saturated heterocycles. The molecule has 2 heterocycles. The topological polar surface area (TPSA) is 89.0 Å². The Bertz CT molecular complexity index is 1510. The van der Waals surface area contributed by atoms with Gasteiger partial charge in [0.05, 0.1) is 35.5 Å². The van der Waals surface area contributed by atoms with Crippen LogP contribution < -0.4 is 14.4 Å². The maximum absolute atomic E-state index is 13.8. The summed E-state index contributed by atoms with van der Waals surface area (Å²) in [6, 6.07) is 16.7. The molecule has 1 aliphatic rings. The molecule has 7 nitrogen and oxygen atoms in total. The lowest BCUT2D eigenvalue weighted by Crippen LogP contribution is -2.29. The number of amides is 1. The smallest absolute Gasteiger partial charge is 0.301 e. The Morgan fingerprint density at radius 2 is 1.86 bits per heavy atom. The van der Waals surface area contributed by atoms with E-state index < -0.39 is 23.5 Å². The number of fused-ring (bicyclic) bond motifs is 1. The van der Waals surface area contributed by atoms with Gasteiger partial charge in [0, 0.05) is 5.56 Å². The van der Waals surface area contributed by atoms with E-state index in [-0.39, 0.29) is 16.5 Å². The number of anilines is 1. The largest absolute Gasteiger partial charge is 0.507 e. The highest BCUT2D eigenvalue weighted by atomic mass is 32.1. The fraction of sp³-hybridized carbons (Fsp3) is 0.148. The van der Waals surface area contributed by atoms with Crippen LogP contribution in [-0.4, -0.2) is 35.5 Å². The quantitative estimate of drug-likeness (QED) is 0.213. The van der Waals surface area contributed by atoms with Crippen molar-refractivity contribution < 1.29 is 28.6 Å². The number of halogens is 1. The van der Waals surface area contributed by atoms with Crippen LogP contribution in [0, 0.1) is 5.82 Å². The number of aliphatic hydroxyl groups excluding tert-OH is 1. The molecule has 5 rings (SSSR count). The van der Waals surface area contributed by atoms with Gasteiger partial charge in [-0.05, 0) is 67.1 Å². The molecule has 1 aliphatic heterocycles. The Labute approximate surface area is 210 Å². The molecule has 0 aliphatic carbocycles.